The molecule has 0 amide bonds. The monoisotopic (exact) mass is 303 g/mol. The number of anilines is 1. The van der Waals surface area contributed by atoms with E-state index in [1.807, 2.05) is 6.92 Å². The van der Waals surface area contributed by atoms with Gasteiger partial charge in [0.1, 0.15) is 10.7 Å². The second-order valence-corrected chi connectivity index (χ2v) is 7.39. The Hall–Kier alpha value is -0.880. The summed E-state index contributed by atoms with van der Waals surface area (Å²) in [6.07, 6.45) is 1.41. The lowest BCUT2D eigenvalue weighted by Gasteiger charge is -2.21. The number of hydrogen-bond acceptors (Lipinski definition) is 5. The smallest absolute Gasteiger partial charge is 0.224 e. The molecule has 2 rings (SSSR count). The maximum absolute atomic E-state index is 12.0. The van der Waals surface area contributed by atoms with Crippen LogP contribution in [0.1, 0.15) is 32.9 Å². The van der Waals surface area contributed by atoms with Crippen LogP contribution in [-0.4, -0.2) is 30.2 Å². The van der Waals surface area contributed by atoms with Gasteiger partial charge in [0.05, 0.1) is 11.4 Å². The van der Waals surface area contributed by atoms with Gasteiger partial charge in [-0.15, -0.1) is 0 Å². The maximum Gasteiger partial charge on any atom is 0.224 e. The van der Waals surface area contributed by atoms with Crippen LogP contribution < -0.4 is 5.32 Å². The molecule has 1 aliphatic rings. The molecule has 0 fully saturated rings. The van der Waals surface area contributed by atoms with Crippen LogP contribution in [0.2, 0.25) is 5.28 Å². The number of halogens is 1. The molecular formula is C12H18ClN3O2S. The minimum Gasteiger partial charge on any atom is -0.366 e. The fourth-order valence-corrected chi connectivity index (χ4v) is 3.86. The molecule has 1 aromatic heterocycles. The third kappa shape index (κ3) is 2.84. The normalized spacial score (nSPS) is 19.8. The van der Waals surface area contributed by atoms with E-state index in [0.29, 0.717) is 23.9 Å². The zero-order valence-corrected chi connectivity index (χ0v) is 12.8. The molecule has 0 saturated heterocycles. The summed E-state index contributed by atoms with van der Waals surface area (Å²) in [5.41, 5.74) is 0.527. The van der Waals surface area contributed by atoms with Crippen molar-refractivity contribution in [2.75, 3.05) is 11.1 Å². The summed E-state index contributed by atoms with van der Waals surface area (Å²) in [6.45, 7) is 6.21. The maximum atomic E-state index is 12.0. The highest BCUT2D eigenvalue weighted by Gasteiger charge is 2.33. The van der Waals surface area contributed by atoms with Gasteiger partial charge in [0.2, 0.25) is 5.28 Å². The molecular weight excluding hydrogens is 286 g/mol. The molecule has 2 heterocycles. The van der Waals surface area contributed by atoms with Gasteiger partial charge >= 0.3 is 0 Å². The van der Waals surface area contributed by atoms with Crippen LogP contribution in [-0.2, 0) is 16.3 Å². The van der Waals surface area contributed by atoms with Gasteiger partial charge in [0.15, 0.2) is 9.84 Å². The number of sulfone groups is 1. The number of aromatic nitrogens is 2. The second-order valence-electron chi connectivity index (χ2n) is 5.00. The molecule has 0 aliphatic carbocycles. The number of nitrogens with one attached hydrogen (secondary N) is 1. The van der Waals surface area contributed by atoms with Gasteiger partial charge in [-0.3, -0.25) is 0 Å². The van der Waals surface area contributed by atoms with Crippen molar-refractivity contribution in [1.82, 2.24) is 9.97 Å². The number of aryl methyl sites for hydroxylation is 1. The molecule has 106 valence electrons. The summed E-state index contributed by atoms with van der Waals surface area (Å²) in [6, 6.07) is 0.121. The summed E-state index contributed by atoms with van der Waals surface area (Å²) >= 11 is 5.86. The Kier molecular flexibility index (Phi) is 4.01. The Balaban J connectivity index is 2.42. The van der Waals surface area contributed by atoms with Crippen LogP contribution in [0.5, 0.6) is 0 Å². The van der Waals surface area contributed by atoms with E-state index in [9.17, 15) is 8.42 Å². The van der Waals surface area contributed by atoms with E-state index in [0.717, 1.165) is 6.42 Å². The van der Waals surface area contributed by atoms with Crippen molar-refractivity contribution in [2.24, 2.45) is 5.92 Å². The van der Waals surface area contributed by atoms with Crippen LogP contribution >= 0.6 is 11.6 Å². The van der Waals surface area contributed by atoms with Crippen molar-refractivity contribution in [3.05, 3.63) is 11.0 Å². The first-order chi connectivity index (χ1) is 8.85. The average Bonchev–Trinajstić information content (AvgIpc) is 2.63. The zero-order chi connectivity index (χ0) is 14.2. The van der Waals surface area contributed by atoms with Gasteiger partial charge < -0.3 is 5.32 Å². The fraction of sp³-hybridized carbons (Fsp3) is 0.667. The Bertz CT molecular complexity index is 589. The highest BCUT2D eigenvalue weighted by molar-refractivity contribution is 7.91. The van der Waals surface area contributed by atoms with E-state index >= 15 is 0 Å². The van der Waals surface area contributed by atoms with Gasteiger partial charge in [-0.2, -0.15) is 4.98 Å². The van der Waals surface area contributed by atoms with Crippen LogP contribution in [0, 0.1) is 5.92 Å². The van der Waals surface area contributed by atoms with Gasteiger partial charge in [-0.05, 0) is 24.4 Å². The molecule has 0 saturated carbocycles. The van der Waals surface area contributed by atoms with Crippen LogP contribution in [0.4, 0.5) is 5.82 Å². The van der Waals surface area contributed by atoms with Crippen molar-refractivity contribution >= 4 is 27.3 Å². The first kappa shape index (κ1) is 14.5. The number of nitrogens with zero attached hydrogens (tertiary/aromatic N) is 2. The largest absolute Gasteiger partial charge is 0.366 e. The van der Waals surface area contributed by atoms with Crippen molar-refractivity contribution < 1.29 is 8.42 Å². The first-order valence-corrected chi connectivity index (χ1v) is 8.44. The molecule has 1 aromatic rings. The minimum absolute atomic E-state index is 0.0871. The molecule has 0 bridgehead atoms. The van der Waals surface area contributed by atoms with E-state index in [1.165, 1.54) is 0 Å². The van der Waals surface area contributed by atoms with Crippen LogP contribution in [0.25, 0.3) is 0 Å². The second kappa shape index (κ2) is 5.25. The fourth-order valence-electron chi connectivity index (χ4n) is 2.11. The number of hydrogen-bond donors (Lipinski definition) is 1. The standard InChI is InChI=1S/C12H18ClN3O2S/c1-4-7(2)8(3)14-11-10-9(15-12(13)16-11)5-6-19(10,17)18/h7-8H,4-6H2,1-3H3,(H,14,15,16). The average molecular weight is 304 g/mol. The quantitative estimate of drug-likeness (QED) is 0.864. The highest BCUT2D eigenvalue weighted by Crippen LogP contribution is 2.32. The van der Waals surface area contributed by atoms with E-state index in [2.05, 4.69) is 29.1 Å². The predicted octanol–water partition coefficient (Wildman–Crippen LogP) is 2.31. The molecule has 2 atom stereocenters. The summed E-state index contributed by atoms with van der Waals surface area (Å²) in [7, 11) is -3.28. The van der Waals surface area contributed by atoms with Crippen LogP contribution in [0.3, 0.4) is 0 Å². The third-order valence-corrected chi connectivity index (χ3v) is 5.65. The Morgan fingerprint density at radius 2 is 2.05 bits per heavy atom. The van der Waals surface area contributed by atoms with Crippen molar-refractivity contribution in [3.63, 3.8) is 0 Å². The van der Waals surface area contributed by atoms with Gasteiger partial charge in [0.25, 0.3) is 0 Å². The molecule has 7 heteroatoms. The van der Waals surface area contributed by atoms with Crippen molar-refractivity contribution in [2.45, 2.75) is 44.6 Å². The van der Waals surface area contributed by atoms with E-state index in [4.69, 9.17) is 11.6 Å². The van der Waals surface area contributed by atoms with E-state index < -0.39 is 9.84 Å². The molecule has 2 unspecified atom stereocenters. The summed E-state index contributed by atoms with van der Waals surface area (Å²) in [5.74, 6) is 0.845. The molecule has 1 aliphatic heterocycles. The Morgan fingerprint density at radius 1 is 1.37 bits per heavy atom. The molecule has 0 radical (unpaired) electrons. The number of rotatable bonds is 4. The lowest BCUT2D eigenvalue weighted by molar-refractivity contribution is 0.492. The lowest BCUT2D eigenvalue weighted by atomic mass is 10.0. The molecule has 19 heavy (non-hydrogen) atoms. The molecule has 0 spiro atoms. The molecule has 0 aromatic carbocycles. The zero-order valence-electron chi connectivity index (χ0n) is 11.3. The SMILES string of the molecule is CCC(C)C(C)Nc1nc(Cl)nc2c1S(=O)(=O)CC2. The number of fused-ring (bicyclic) bond motifs is 1. The first-order valence-electron chi connectivity index (χ1n) is 6.41. The summed E-state index contributed by atoms with van der Waals surface area (Å²) < 4.78 is 24.1. The summed E-state index contributed by atoms with van der Waals surface area (Å²) in [5, 5.41) is 3.27. The van der Waals surface area contributed by atoms with Gasteiger partial charge in [0, 0.05) is 12.5 Å². The topological polar surface area (TPSA) is 72.0 Å². The predicted molar refractivity (Wildman–Crippen MR) is 75.3 cm³/mol. The van der Waals surface area contributed by atoms with E-state index in [-0.39, 0.29) is 22.0 Å². The highest BCUT2D eigenvalue weighted by atomic mass is 35.5. The van der Waals surface area contributed by atoms with Gasteiger partial charge in [-0.25, -0.2) is 13.4 Å². The van der Waals surface area contributed by atoms with Crippen LogP contribution in [0.15, 0.2) is 4.90 Å². The van der Waals surface area contributed by atoms with Crippen molar-refractivity contribution in [3.8, 4) is 0 Å². The minimum atomic E-state index is -3.28. The van der Waals surface area contributed by atoms with Crippen molar-refractivity contribution in [1.29, 1.82) is 0 Å². The summed E-state index contributed by atoms with van der Waals surface area (Å²) in [4.78, 5) is 8.31. The lowest BCUT2D eigenvalue weighted by Crippen LogP contribution is -2.25. The molecule has 5 nitrogen and oxygen atoms in total. The molecule has 1 N–H and O–H groups in total. The Labute approximate surface area is 118 Å². The van der Waals surface area contributed by atoms with E-state index in [1.54, 1.807) is 0 Å². The Morgan fingerprint density at radius 3 is 2.68 bits per heavy atom. The van der Waals surface area contributed by atoms with Gasteiger partial charge in [-0.1, -0.05) is 20.3 Å². The third-order valence-electron chi connectivity index (χ3n) is 3.69.